The fourth-order valence-electron chi connectivity index (χ4n) is 4.05. The van der Waals surface area contributed by atoms with E-state index in [0.29, 0.717) is 18.8 Å². The van der Waals surface area contributed by atoms with E-state index < -0.39 is 31.3 Å². The van der Waals surface area contributed by atoms with E-state index in [0.717, 1.165) is 22.9 Å². The summed E-state index contributed by atoms with van der Waals surface area (Å²) in [6, 6.07) is 14.4. The Labute approximate surface area is 202 Å². The molecule has 1 saturated heterocycles. The molecule has 1 aliphatic rings. The van der Waals surface area contributed by atoms with Gasteiger partial charge in [-0.2, -0.15) is 0 Å². The van der Waals surface area contributed by atoms with Crippen LogP contribution in [0, 0.1) is 5.92 Å². The smallest absolute Gasteiger partial charge is 0.229 e. The van der Waals surface area contributed by atoms with Crippen molar-refractivity contribution in [2.24, 2.45) is 5.92 Å². The van der Waals surface area contributed by atoms with Gasteiger partial charge in [0.1, 0.15) is 0 Å². The molecule has 0 bridgehead atoms. The zero-order chi connectivity index (χ0) is 25.3. The molecule has 2 atom stereocenters. The van der Waals surface area contributed by atoms with Crippen molar-refractivity contribution in [3.05, 3.63) is 54.1 Å². The monoisotopic (exact) mass is 507 g/mol. The zero-order valence-corrected chi connectivity index (χ0v) is 21.8. The van der Waals surface area contributed by atoms with Crippen LogP contribution in [-0.4, -0.2) is 58.3 Å². The second-order valence-electron chi connectivity index (χ2n) is 9.40. The molecule has 1 fully saturated rings. The normalized spacial score (nSPS) is 19.1. The number of nitrogens with zero attached hydrogens (tertiary/aromatic N) is 1. The standard InChI is InChI=1S/C24H33N3O5S2/c1-16(2)24(28)27-14-22(23(15-27)26-34(31,32)17(3)4)19-11-9-18(10-12-19)20-7-6-8-21(13-20)25-33(5,29)30/h6-13,16-17,22-23,25-26H,14-15H2,1-5H3/t22-,23+/m1/s1. The molecule has 186 valence electrons. The molecule has 0 aliphatic carbocycles. The van der Waals surface area contributed by atoms with Crippen LogP contribution < -0.4 is 9.44 Å². The van der Waals surface area contributed by atoms with E-state index in [4.69, 9.17) is 0 Å². The number of hydrogen-bond donors (Lipinski definition) is 2. The van der Waals surface area contributed by atoms with Crippen molar-refractivity contribution >= 4 is 31.6 Å². The molecule has 2 aromatic carbocycles. The van der Waals surface area contributed by atoms with Gasteiger partial charge in [0.25, 0.3) is 0 Å². The van der Waals surface area contributed by atoms with Gasteiger partial charge in [0.15, 0.2) is 0 Å². The van der Waals surface area contributed by atoms with Crippen LogP contribution in [0.25, 0.3) is 11.1 Å². The van der Waals surface area contributed by atoms with Crippen molar-refractivity contribution in [3.63, 3.8) is 0 Å². The van der Waals surface area contributed by atoms with Crippen LogP contribution in [0.3, 0.4) is 0 Å². The van der Waals surface area contributed by atoms with Crippen molar-refractivity contribution in [1.29, 1.82) is 0 Å². The number of benzene rings is 2. The van der Waals surface area contributed by atoms with Gasteiger partial charge < -0.3 is 4.90 Å². The largest absolute Gasteiger partial charge is 0.340 e. The molecule has 2 aromatic rings. The summed E-state index contributed by atoms with van der Waals surface area (Å²) in [6.07, 6.45) is 1.10. The summed E-state index contributed by atoms with van der Waals surface area (Å²) in [6.45, 7) is 7.70. The summed E-state index contributed by atoms with van der Waals surface area (Å²) in [5.74, 6) is -0.345. The Morgan fingerprint density at radius 1 is 0.941 bits per heavy atom. The highest BCUT2D eigenvalue weighted by Gasteiger charge is 2.39. The van der Waals surface area contributed by atoms with E-state index in [1.54, 1.807) is 36.9 Å². The Kier molecular flexibility index (Phi) is 7.74. The molecule has 0 spiro atoms. The number of amides is 1. The average molecular weight is 508 g/mol. The van der Waals surface area contributed by atoms with Crippen LogP contribution in [0.1, 0.15) is 39.2 Å². The van der Waals surface area contributed by atoms with E-state index in [1.165, 1.54) is 0 Å². The van der Waals surface area contributed by atoms with Crippen molar-refractivity contribution in [2.45, 2.75) is 44.9 Å². The predicted molar refractivity (Wildman–Crippen MR) is 135 cm³/mol. The maximum atomic E-state index is 12.6. The highest BCUT2D eigenvalue weighted by atomic mass is 32.2. The van der Waals surface area contributed by atoms with Gasteiger partial charge in [-0.15, -0.1) is 0 Å². The number of hydrogen-bond acceptors (Lipinski definition) is 5. The van der Waals surface area contributed by atoms with E-state index in [1.807, 2.05) is 44.2 Å². The lowest BCUT2D eigenvalue weighted by atomic mass is 9.93. The van der Waals surface area contributed by atoms with Crippen molar-refractivity contribution < 1.29 is 21.6 Å². The first kappa shape index (κ1) is 26.2. The van der Waals surface area contributed by atoms with Gasteiger partial charge in [-0.25, -0.2) is 21.6 Å². The van der Waals surface area contributed by atoms with E-state index in [2.05, 4.69) is 9.44 Å². The average Bonchev–Trinajstić information content (AvgIpc) is 3.15. The van der Waals surface area contributed by atoms with Gasteiger partial charge in [-0.05, 0) is 42.7 Å². The molecule has 1 amide bonds. The lowest BCUT2D eigenvalue weighted by Crippen LogP contribution is -2.43. The molecule has 1 aliphatic heterocycles. The van der Waals surface area contributed by atoms with Gasteiger partial charge in [-0.1, -0.05) is 50.2 Å². The van der Waals surface area contributed by atoms with E-state index in [-0.39, 0.29) is 17.7 Å². The fourth-order valence-corrected chi connectivity index (χ4v) is 5.54. The maximum Gasteiger partial charge on any atom is 0.229 e. The van der Waals surface area contributed by atoms with Crippen molar-refractivity contribution in [1.82, 2.24) is 9.62 Å². The van der Waals surface area contributed by atoms with Crippen molar-refractivity contribution in [2.75, 3.05) is 24.1 Å². The van der Waals surface area contributed by atoms with E-state index in [9.17, 15) is 21.6 Å². The first-order valence-corrected chi connectivity index (χ1v) is 14.7. The molecule has 0 aromatic heterocycles. The Morgan fingerprint density at radius 3 is 2.15 bits per heavy atom. The van der Waals surface area contributed by atoms with Crippen LogP contribution in [0.2, 0.25) is 0 Å². The number of carbonyl (C=O) groups excluding carboxylic acids is 1. The summed E-state index contributed by atoms with van der Waals surface area (Å²) in [7, 11) is -6.88. The number of carbonyl (C=O) groups is 1. The Morgan fingerprint density at radius 2 is 1.59 bits per heavy atom. The zero-order valence-electron chi connectivity index (χ0n) is 20.1. The molecule has 34 heavy (non-hydrogen) atoms. The molecule has 2 N–H and O–H groups in total. The summed E-state index contributed by atoms with van der Waals surface area (Å²) in [4.78, 5) is 14.4. The third-order valence-electron chi connectivity index (χ3n) is 5.90. The number of anilines is 1. The molecule has 3 rings (SSSR count). The molecule has 1 heterocycles. The first-order valence-electron chi connectivity index (χ1n) is 11.2. The van der Waals surface area contributed by atoms with E-state index >= 15 is 0 Å². The Balaban J connectivity index is 1.88. The third kappa shape index (κ3) is 6.37. The second-order valence-corrected chi connectivity index (χ2v) is 13.4. The summed E-state index contributed by atoms with van der Waals surface area (Å²) in [5.41, 5.74) is 3.16. The minimum Gasteiger partial charge on any atom is -0.340 e. The third-order valence-corrected chi connectivity index (χ3v) is 8.38. The summed E-state index contributed by atoms with van der Waals surface area (Å²) < 4.78 is 53.5. The van der Waals surface area contributed by atoms with Gasteiger partial charge >= 0.3 is 0 Å². The number of rotatable bonds is 8. The summed E-state index contributed by atoms with van der Waals surface area (Å²) >= 11 is 0. The number of likely N-dealkylation sites (tertiary alicyclic amines) is 1. The van der Waals surface area contributed by atoms with Gasteiger partial charge in [0.2, 0.25) is 26.0 Å². The van der Waals surface area contributed by atoms with Crippen LogP contribution in [-0.2, 0) is 24.8 Å². The van der Waals surface area contributed by atoms with Crippen LogP contribution >= 0.6 is 0 Å². The Hall–Kier alpha value is -2.43. The first-order chi connectivity index (χ1) is 15.8. The van der Waals surface area contributed by atoms with Crippen molar-refractivity contribution in [3.8, 4) is 11.1 Å². The predicted octanol–water partition coefficient (Wildman–Crippen LogP) is 3.00. The van der Waals surface area contributed by atoms with Crippen LogP contribution in [0.5, 0.6) is 0 Å². The van der Waals surface area contributed by atoms with Gasteiger partial charge in [0.05, 0.1) is 11.5 Å². The maximum absolute atomic E-state index is 12.6. The quantitative estimate of drug-likeness (QED) is 0.570. The molecule has 0 radical (unpaired) electrons. The van der Waals surface area contributed by atoms with Crippen LogP contribution in [0.4, 0.5) is 5.69 Å². The molecular formula is C24H33N3O5S2. The molecular weight excluding hydrogens is 474 g/mol. The SMILES string of the molecule is CC(C)C(=O)N1C[C@H](NS(=O)(=O)C(C)C)[C@@H](c2ccc(-c3cccc(NS(C)(=O)=O)c3)cc2)C1. The minimum absolute atomic E-state index is 0.00283. The molecule has 8 nitrogen and oxygen atoms in total. The van der Waals surface area contributed by atoms with Gasteiger partial charge in [-0.3, -0.25) is 9.52 Å². The molecule has 0 saturated carbocycles. The minimum atomic E-state index is -3.51. The molecule has 0 unspecified atom stereocenters. The highest BCUT2D eigenvalue weighted by Crippen LogP contribution is 2.32. The highest BCUT2D eigenvalue weighted by molar-refractivity contribution is 7.92. The lowest BCUT2D eigenvalue weighted by Gasteiger charge is -2.21. The summed E-state index contributed by atoms with van der Waals surface area (Å²) in [5, 5.41) is -0.571. The topological polar surface area (TPSA) is 113 Å². The van der Waals surface area contributed by atoms with Gasteiger partial charge in [0, 0.05) is 36.7 Å². The Bertz CT molecular complexity index is 1240. The number of nitrogens with one attached hydrogen (secondary N) is 2. The number of sulfonamides is 2. The lowest BCUT2D eigenvalue weighted by molar-refractivity contribution is -0.133. The molecule has 10 heteroatoms. The fraction of sp³-hybridized carbons (Fsp3) is 0.458. The second kappa shape index (κ2) is 10.1. The van der Waals surface area contributed by atoms with Crippen LogP contribution in [0.15, 0.2) is 48.5 Å².